The van der Waals surface area contributed by atoms with Crippen molar-refractivity contribution in [3.63, 3.8) is 0 Å². The zero-order chi connectivity index (χ0) is 14.2. The lowest BCUT2D eigenvalue weighted by atomic mass is 9.94. The van der Waals surface area contributed by atoms with E-state index >= 15 is 0 Å². The monoisotopic (exact) mass is 282 g/mol. The summed E-state index contributed by atoms with van der Waals surface area (Å²) < 4.78 is 10.3. The average molecular weight is 282 g/mol. The summed E-state index contributed by atoms with van der Waals surface area (Å²) in [5.74, 6) is -0.0201. The summed E-state index contributed by atoms with van der Waals surface area (Å²) in [6.07, 6.45) is 3.26. The molecule has 3 heterocycles. The lowest BCUT2D eigenvalue weighted by Gasteiger charge is -2.35. The molecule has 0 aromatic carbocycles. The Bertz CT molecular complexity index is 408. The largest absolute Gasteiger partial charge is 0.468 e. The number of morpholine rings is 1. The van der Waals surface area contributed by atoms with Crippen molar-refractivity contribution >= 4 is 11.9 Å². The number of ether oxygens (including phenoxy) is 2. The quantitative estimate of drug-likeness (QED) is 0.668. The summed E-state index contributed by atoms with van der Waals surface area (Å²) in [5.41, 5.74) is -0.540. The summed E-state index contributed by atoms with van der Waals surface area (Å²) in [6, 6.07) is -0.158. The van der Waals surface area contributed by atoms with Crippen LogP contribution in [0.5, 0.6) is 0 Å². The van der Waals surface area contributed by atoms with E-state index in [1.165, 1.54) is 7.11 Å². The van der Waals surface area contributed by atoms with Gasteiger partial charge in [0.2, 0.25) is 5.91 Å². The van der Waals surface area contributed by atoms with E-state index in [-0.39, 0.29) is 17.9 Å². The second kappa shape index (κ2) is 5.33. The van der Waals surface area contributed by atoms with E-state index in [1.807, 2.05) is 4.90 Å². The molecule has 3 aliphatic rings. The van der Waals surface area contributed by atoms with Gasteiger partial charge in [-0.15, -0.1) is 0 Å². The number of carbonyl (C=O) groups excluding carboxylic acids is 2. The second-order valence-electron chi connectivity index (χ2n) is 5.81. The number of hydrogen-bond acceptors (Lipinski definition) is 5. The first-order chi connectivity index (χ1) is 9.69. The number of amides is 1. The molecule has 2 atom stereocenters. The summed E-state index contributed by atoms with van der Waals surface area (Å²) in [5, 5.41) is 0. The molecular weight excluding hydrogens is 260 g/mol. The zero-order valence-corrected chi connectivity index (χ0v) is 12.0. The second-order valence-corrected chi connectivity index (χ2v) is 5.81. The highest BCUT2D eigenvalue weighted by Crippen LogP contribution is 2.43. The third-order valence-corrected chi connectivity index (χ3v) is 4.92. The Hall–Kier alpha value is -1.14. The van der Waals surface area contributed by atoms with Gasteiger partial charge in [-0.1, -0.05) is 0 Å². The third-order valence-electron chi connectivity index (χ3n) is 4.92. The van der Waals surface area contributed by atoms with Crippen LogP contribution in [0.25, 0.3) is 0 Å². The highest BCUT2D eigenvalue weighted by molar-refractivity contribution is 5.87. The maximum absolute atomic E-state index is 12.7. The molecule has 0 N–H and O–H groups in total. The fraction of sp³-hybridized carbons (Fsp3) is 0.857. The maximum Gasteiger partial charge on any atom is 0.326 e. The van der Waals surface area contributed by atoms with Crippen LogP contribution in [0.15, 0.2) is 0 Å². The summed E-state index contributed by atoms with van der Waals surface area (Å²) in [7, 11) is 1.44. The maximum atomic E-state index is 12.7. The van der Waals surface area contributed by atoms with Gasteiger partial charge < -0.3 is 14.4 Å². The average Bonchev–Trinajstić information content (AvgIpc) is 3.06. The van der Waals surface area contributed by atoms with E-state index in [2.05, 4.69) is 4.90 Å². The molecule has 6 nitrogen and oxygen atoms in total. The van der Waals surface area contributed by atoms with Gasteiger partial charge >= 0.3 is 5.97 Å². The summed E-state index contributed by atoms with van der Waals surface area (Å²) >= 11 is 0. The van der Waals surface area contributed by atoms with Crippen molar-refractivity contribution in [2.24, 2.45) is 0 Å². The molecule has 20 heavy (non-hydrogen) atoms. The molecular formula is C14H22N2O4. The molecule has 3 saturated heterocycles. The number of fused-ring (bicyclic) bond motifs is 1. The molecule has 3 rings (SSSR count). The van der Waals surface area contributed by atoms with E-state index in [1.54, 1.807) is 0 Å². The van der Waals surface area contributed by atoms with E-state index in [9.17, 15) is 9.59 Å². The molecule has 0 spiro atoms. The smallest absolute Gasteiger partial charge is 0.326 e. The minimum atomic E-state index is -0.540. The fourth-order valence-corrected chi connectivity index (χ4v) is 3.92. The lowest BCUT2D eigenvalue weighted by molar-refractivity contribution is -0.154. The SMILES string of the molecule is COC(=O)[C@]12CCCN1[C@H](C(=O)N1CCOCC1)CC2. The van der Waals surface area contributed by atoms with Crippen molar-refractivity contribution in [1.29, 1.82) is 0 Å². The number of esters is 1. The standard InChI is InChI=1S/C14H22N2O4/c1-19-13(18)14-4-2-6-16(14)11(3-5-14)12(17)15-7-9-20-10-8-15/h11H,2-10H2,1H3/t11-,14+/m0/s1. The molecule has 3 aliphatic heterocycles. The van der Waals surface area contributed by atoms with Gasteiger partial charge in [0, 0.05) is 19.6 Å². The summed E-state index contributed by atoms with van der Waals surface area (Å²) in [4.78, 5) is 28.8. The summed E-state index contributed by atoms with van der Waals surface area (Å²) in [6.45, 7) is 3.36. The first-order valence-corrected chi connectivity index (χ1v) is 7.41. The molecule has 1 amide bonds. The van der Waals surface area contributed by atoms with Gasteiger partial charge in [-0.25, -0.2) is 0 Å². The van der Waals surface area contributed by atoms with E-state index in [0.717, 1.165) is 32.2 Å². The number of hydrogen-bond donors (Lipinski definition) is 0. The molecule has 0 bridgehead atoms. The molecule has 0 aliphatic carbocycles. The van der Waals surface area contributed by atoms with Crippen LogP contribution in [-0.4, -0.2) is 73.2 Å². The molecule has 6 heteroatoms. The number of nitrogens with zero attached hydrogens (tertiary/aromatic N) is 2. The van der Waals surface area contributed by atoms with Gasteiger partial charge in [0.25, 0.3) is 0 Å². The van der Waals surface area contributed by atoms with Crippen molar-refractivity contribution in [2.45, 2.75) is 37.3 Å². The van der Waals surface area contributed by atoms with Crippen LogP contribution in [0.4, 0.5) is 0 Å². The van der Waals surface area contributed by atoms with E-state index in [4.69, 9.17) is 9.47 Å². The molecule has 0 saturated carbocycles. The Labute approximate surface area is 119 Å². The minimum Gasteiger partial charge on any atom is -0.468 e. The molecule has 3 fully saturated rings. The highest BCUT2D eigenvalue weighted by Gasteiger charge is 2.57. The van der Waals surface area contributed by atoms with Gasteiger partial charge in [0.05, 0.1) is 26.4 Å². The predicted octanol–water partition coefficient (Wildman–Crippen LogP) is 0.0152. The lowest BCUT2D eigenvalue weighted by Crippen LogP contribution is -2.55. The van der Waals surface area contributed by atoms with Gasteiger partial charge in [0.15, 0.2) is 0 Å². The minimum absolute atomic E-state index is 0.154. The molecule has 112 valence electrons. The number of methoxy groups -OCH3 is 1. The Kier molecular flexibility index (Phi) is 3.69. The topological polar surface area (TPSA) is 59.1 Å². The first-order valence-electron chi connectivity index (χ1n) is 7.41. The van der Waals surface area contributed by atoms with Gasteiger partial charge in [-0.2, -0.15) is 0 Å². The Balaban J connectivity index is 1.75. The van der Waals surface area contributed by atoms with Crippen molar-refractivity contribution in [3.05, 3.63) is 0 Å². The van der Waals surface area contributed by atoms with Crippen LogP contribution >= 0.6 is 0 Å². The molecule has 0 aromatic rings. The van der Waals surface area contributed by atoms with Gasteiger partial charge in [-0.05, 0) is 25.7 Å². The number of carbonyl (C=O) groups is 2. The van der Waals surface area contributed by atoms with Crippen LogP contribution in [0.2, 0.25) is 0 Å². The van der Waals surface area contributed by atoms with E-state index < -0.39 is 5.54 Å². The van der Waals surface area contributed by atoms with Crippen LogP contribution in [0, 0.1) is 0 Å². The third kappa shape index (κ3) is 2.02. The fourth-order valence-electron chi connectivity index (χ4n) is 3.92. The van der Waals surface area contributed by atoms with Crippen LogP contribution in [0.1, 0.15) is 25.7 Å². The van der Waals surface area contributed by atoms with Crippen molar-refractivity contribution < 1.29 is 19.1 Å². The van der Waals surface area contributed by atoms with Crippen LogP contribution in [0.3, 0.4) is 0 Å². The molecule has 0 unspecified atom stereocenters. The van der Waals surface area contributed by atoms with Crippen molar-refractivity contribution in [3.8, 4) is 0 Å². The zero-order valence-electron chi connectivity index (χ0n) is 12.0. The van der Waals surface area contributed by atoms with E-state index in [0.29, 0.717) is 26.3 Å². The van der Waals surface area contributed by atoms with Crippen LogP contribution in [-0.2, 0) is 19.1 Å². The Morgan fingerprint density at radius 1 is 1.20 bits per heavy atom. The van der Waals surface area contributed by atoms with Gasteiger partial charge in [0.1, 0.15) is 5.54 Å². The first kappa shape index (κ1) is 13.8. The predicted molar refractivity (Wildman–Crippen MR) is 71.1 cm³/mol. The molecule has 0 aromatic heterocycles. The Morgan fingerprint density at radius 3 is 2.65 bits per heavy atom. The highest BCUT2D eigenvalue weighted by atomic mass is 16.5. The normalized spacial score (nSPS) is 34.0. The Morgan fingerprint density at radius 2 is 1.95 bits per heavy atom. The van der Waals surface area contributed by atoms with Crippen molar-refractivity contribution in [1.82, 2.24) is 9.80 Å². The number of rotatable bonds is 2. The molecule has 0 radical (unpaired) electrons. The van der Waals surface area contributed by atoms with Crippen molar-refractivity contribution in [2.75, 3.05) is 40.0 Å². The van der Waals surface area contributed by atoms with Gasteiger partial charge in [-0.3, -0.25) is 14.5 Å². The van der Waals surface area contributed by atoms with Crippen LogP contribution < -0.4 is 0 Å².